The summed E-state index contributed by atoms with van der Waals surface area (Å²) in [6.45, 7) is 0. The Balaban J connectivity index is 2.35. The van der Waals surface area contributed by atoms with Crippen LogP contribution in [0.5, 0.6) is 5.75 Å². The minimum Gasteiger partial charge on any atom is -0.502 e. The second kappa shape index (κ2) is 6.92. The molecular formula is C13H10N4O7S. The first kappa shape index (κ1) is 17.8. The highest BCUT2D eigenvalue weighted by Gasteiger charge is 2.23. The van der Waals surface area contributed by atoms with E-state index in [9.17, 15) is 33.8 Å². The quantitative estimate of drug-likeness (QED) is 0.444. The predicted octanol–water partition coefficient (Wildman–Crippen LogP) is 1.52. The molecule has 12 heteroatoms. The molecule has 0 atom stereocenters. The molecule has 0 saturated carbocycles. The molecule has 2 N–H and O–H groups in total. The zero-order chi connectivity index (χ0) is 18.6. The maximum atomic E-state index is 12.0. The molecule has 0 aliphatic rings. The summed E-state index contributed by atoms with van der Waals surface area (Å²) in [5.41, 5.74) is -1.95. The Labute approximate surface area is 140 Å². The summed E-state index contributed by atoms with van der Waals surface area (Å²) in [5.74, 6) is -0.877. The number of hydrazone groups is 1. The Morgan fingerprint density at radius 2 is 1.72 bits per heavy atom. The van der Waals surface area contributed by atoms with E-state index in [4.69, 9.17) is 0 Å². The van der Waals surface area contributed by atoms with Gasteiger partial charge >= 0.3 is 5.69 Å². The van der Waals surface area contributed by atoms with Crippen LogP contribution in [0.4, 0.5) is 11.4 Å². The number of nitro groups is 2. The number of benzene rings is 2. The summed E-state index contributed by atoms with van der Waals surface area (Å²) in [7, 11) is -3.99. The molecule has 0 fully saturated rings. The fourth-order valence-electron chi connectivity index (χ4n) is 1.79. The molecule has 0 unspecified atom stereocenters. The number of rotatable bonds is 6. The molecular weight excluding hydrogens is 356 g/mol. The van der Waals surface area contributed by atoms with Crippen molar-refractivity contribution in [2.24, 2.45) is 5.10 Å². The monoisotopic (exact) mass is 366 g/mol. The smallest absolute Gasteiger partial charge is 0.318 e. The highest BCUT2D eigenvalue weighted by molar-refractivity contribution is 7.89. The minimum atomic E-state index is -3.99. The number of non-ortho nitro benzene ring substituents is 1. The highest BCUT2D eigenvalue weighted by atomic mass is 32.2. The Morgan fingerprint density at radius 3 is 2.28 bits per heavy atom. The fraction of sp³-hybridized carbons (Fsp3) is 0. The molecule has 0 radical (unpaired) electrons. The summed E-state index contributed by atoms with van der Waals surface area (Å²) in [6, 6.07) is 8.63. The zero-order valence-electron chi connectivity index (χ0n) is 12.3. The van der Waals surface area contributed by atoms with Crippen LogP contribution in [-0.2, 0) is 10.0 Å². The third-order valence-corrected chi connectivity index (χ3v) is 4.18. The lowest BCUT2D eigenvalue weighted by Gasteiger charge is -2.03. The van der Waals surface area contributed by atoms with Crippen molar-refractivity contribution in [3.05, 3.63) is 68.3 Å². The number of aromatic hydroxyl groups is 1. The maximum Gasteiger partial charge on any atom is 0.318 e. The van der Waals surface area contributed by atoms with Crippen molar-refractivity contribution in [1.29, 1.82) is 0 Å². The van der Waals surface area contributed by atoms with E-state index < -0.39 is 42.6 Å². The Kier molecular flexibility index (Phi) is 4.93. The Morgan fingerprint density at radius 1 is 1.08 bits per heavy atom. The Bertz CT molecular complexity index is 958. The van der Waals surface area contributed by atoms with E-state index in [-0.39, 0.29) is 4.90 Å². The van der Waals surface area contributed by atoms with Gasteiger partial charge in [-0.3, -0.25) is 20.2 Å². The molecule has 2 rings (SSSR count). The van der Waals surface area contributed by atoms with Crippen LogP contribution in [0.25, 0.3) is 0 Å². The van der Waals surface area contributed by atoms with E-state index >= 15 is 0 Å². The molecule has 0 bridgehead atoms. The van der Waals surface area contributed by atoms with Crippen LogP contribution in [0.2, 0.25) is 0 Å². The van der Waals surface area contributed by atoms with Gasteiger partial charge in [-0.15, -0.1) is 0 Å². The van der Waals surface area contributed by atoms with Crippen LogP contribution in [0.15, 0.2) is 52.5 Å². The van der Waals surface area contributed by atoms with Gasteiger partial charge in [0.1, 0.15) is 0 Å². The van der Waals surface area contributed by atoms with Gasteiger partial charge in [-0.2, -0.15) is 13.5 Å². The van der Waals surface area contributed by atoms with Gasteiger partial charge in [-0.25, -0.2) is 4.83 Å². The second-order valence-electron chi connectivity index (χ2n) is 4.58. The van der Waals surface area contributed by atoms with Gasteiger partial charge < -0.3 is 5.11 Å². The van der Waals surface area contributed by atoms with Crippen LogP contribution in [0.3, 0.4) is 0 Å². The molecule has 0 saturated heterocycles. The van der Waals surface area contributed by atoms with Crippen molar-refractivity contribution in [2.75, 3.05) is 0 Å². The largest absolute Gasteiger partial charge is 0.502 e. The number of nitro benzene ring substituents is 2. The molecule has 0 spiro atoms. The molecule has 0 heterocycles. The third-order valence-electron chi connectivity index (χ3n) is 2.94. The van der Waals surface area contributed by atoms with Gasteiger partial charge in [0.05, 0.1) is 32.6 Å². The average Bonchev–Trinajstić information content (AvgIpc) is 2.56. The predicted molar refractivity (Wildman–Crippen MR) is 85.8 cm³/mol. The molecule has 0 aromatic heterocycles. The van der Waals surface area contributed by atoms with Gasteiger partial charge in [-0.05, 0) is 12.1 Å². The van der Waals surface area contributed by atoms with E-state index in [1.54, 1.807) is 6.07 Å². The lowest BCUT2D eigenvalue weighted by molar-refractivity contribution is -0.394. The van der Waals surface area contributed by atoms with Crippen molar-refractivity contribution in [1.82, 2.24) is 4.83 Å². The van der Waals surface area contributed by atoms with Crippen LogP contribution >= 0.6 is 0 Å². The van der Waals surface area contributed by atoms with E-state index in [1.807, 2.05) is 4.83 Å². The number of nitrogens with one attached hydrogen (secondary N) is 1. The molecule has 2 aromatic carbocycles. The van der Waals surface area contributed by atoms with Crippen LogP contribution in [-0.4, -0.2) is 29.6 Å². The molecule has 0 aliphatic carbocycles. The van der Waals surface area contributed by atoms with Gasteiger partial charge in [0.15, 0.2) is 0 Å². The summed E-state index contributed by atoms with van der Waals surface area (Å²) < 4.78 is 23.9. The number of hydrogen-bond donors (Lipinski definition) is 2. The van der Waals surface area contributed by atoms with E-state index in [2.05, 4.69) is 5.10 Å². The minimum absolute atomic E-state index is 0.0820. The molecule has 0 aliphatic heterocycles. The van der Waals surface area contributed by atoms with Crippen molar-refractivity contribution in [3.63, 3.8) is 0 Å². The number of nitrogens with zero attached hydrogens (tertiary/aromatic N) is 3. The van der Waals surface area contributed by atoms with Gasteiger partial charge in [-0.1, -0.05) is 18.2 Å². The zero-order valence-corrected chi connectivity index (χ0v) is 13.1. The fourth-order valence-corrected chi connectivity index (χ4v) is 2.60. The van der Waals surface area contributed by atoms with Crippen LogP contribution < -0.4 is 4.83 Å². The third kappa shape index (κ3) is 4.06. The second-order valence-corrected chi connectivity index (χ2v) is 6.24. The molecule has 0 amide bonds. The highest BCUT2D eigenvalue weighted by Crippen LogP contribution is 2.33. The number of phenols is 1. The first-order chi connectivity index (χ1) is 11.7. The SMILES string of the molecule is O=[N+]([O-])c1cc(/C=N/NS(=O)(=O)c2ccccc2)c(O)c([N+](=O)[O-])c1. The van der Waals surface area contributed by atoms with Crippen molar-refractivity contribution in [2.45, 2.75) is 4.90 Å². The van der Waals surface area contributed by atoms with E-state index in [0.717, 1.165) is 12.3 Å². The normalized spacial score (nSPS) is 11.4. The first-order valence-corrected chi connectivity index (χ1v) is 7.96. The summed E-state index contributed by atoms with van der Waals surface area (Å²) in [5, 5.41) is 34.8. The number of phenolic OH excluding ortho intramolecular Hbond substituents is 1. The lowest BCUT2D eigenvalue weighted by Crippen LogP contribution is -2.18. The molecule has 11 nitrogen and oxygen atoms in total. The molecule has 130 valence electrons. The van der Waals surface area contributed by atoms with Crippen LogP contribution in [0.1, 0.15) is 5.56 Å². The van der Waals surface area contributed by atoms with Crippen molar-refractivity contribution < 1.29 is 23.4 Å². The van der Waals surface area contributed by atoms with Crippen molar-refractivity contribution >= 4 is 27.6 Å². The molecule has 2 aromatic rings. The van der Waals surface area contributed by atoms with Crippen molar-refractivity contribution in [3.8, 4) is 5.75 Å². The van der Waals surface area contributed by atoms with Gasteiger partial charge in [0.25, 0.3) is 15.7 Å². The van der Waals surface area contributed by atoms with Gasteiger partial charge in [0, 0.05) is 6.07 Å². The number of hydrogen-bond acceptors (Lipinski definition) is 8. The van der Waals surface area contributed by atoms with E-state index in [0.29, 0.717) is 6.07 Å². The van der Waals surface area contributed by atoms with Gasteiger partial charge in [0.2, 0.25) is 5.75 Å². The number of sulfonamides is 1. The maximum absolute atomic E-state index is 12.0. The summed E-state index contributed by atoms with van der Waals surface area (Å²) in [4.78, 5) is 21.5. The lowest BCUT2D eigenvalue weighted by atomic mass is 10.1. The molecule has 25 heavy (non-hydrogen) atoms. The Hall–Kier alpha value is -3.54. The topological polar surface area (TPSA) is 165 Å². The van der Waals surface area contributed by atoms with Crippen LogP contribution in [0, 0.1) is 20.2 Å². The summed E-state index contributed by atoms with van der Waals surface area (Å²) in [6.07, 6.45) is 0.732. The first-order valence-electron chi connectivity index (χ1n) is 6.48. The van der Waals surface area contributed by atoms with E-state index in [1.165, 1.54) is 24.3 Å². The standard InChI is InChI=1S/C13H10N4O7S/c18-13-9(6-10(16(19)20)7-12(13)17(21)22)8-14-15-25(23,24)11-4-2-1-3-5-11/h1-8,15,18H/b14-8+. The summed E-state index contributed by atoms with van der Waals surface area (Å²) >= 11 is 0. The average molecular weight is 366 g/mol.